The van der Waals surface area contributed by atoms with E-state index < -0.39 is 34.3 Å². The third kappa shape index (κ3) is 25.3. The van der Waals surface area contributed by atoms with Gasteiger partial charge in [-0.1, -0.05) is 167 Å². The third-order valence-corrected chi connectivity index (χ3v) is 29.1. The second-order valence-electron chi connectivity index (χ2n) is 36.9. The van der Waals surface area contributed by atoms with Crippen molar-refractivity contribution in [2.24, 2.45) is 71.0 Å². The lowest BCUT2D eigenvalue weighted by Crippen LogP contribution is -2.39. The Labute approximate surface area is 698 Å². The number of hydrogen-bond acceptors (Lipinski definition) is 10. The van der Waals surface area contributed by atoms with Crippen LogP contribution in [0.4, 0.5) is 0 Å². The van der Waals surface area contributed by atoms with Gasteiger partial charge in [0.05, 0.1) is 24.3 Å². The molecule has 0 aromatic heterocycles. The van der Waals surface area contributed by atoms with E-state index in [0.29, 0.717) is 85.2 Å². The van der Waals surface area contributed by atoms with Crippen molar-refractivity contribution in [3.63, 3.8) is 0 Å². The van der Waals surface area contributed by atoms with Gasteiger partial charge < -0.3 is 28.4 Å². The van der Waals surface area contributed by atoms with Gasteiger partial charge in [-0.25, -0.2) is 19.2 Å². The number of ether oxygens (including phenoxy) is 6. The van der Waals surface area contributed by atoms with Crippen LogP contribution in [0.3, 0.4) is 0 Å². The minimum absolute atomic E-state index is 0.368. The van der Waals surface area contributed by atoms with Crippen molar-refractivity contribution in [3.05, 3.63) is 156 Å². The number of esters is 4. The topological polar surface area (TPSA) is 124 Å². The molecule has 4 aromatic carbocycles. The highest BCUT2D eigenvalue weighted by molar-refractivity contribution is 5.91. The van der Waals surface area contributed by atoms with Crippen LogP contribution >= 0.6 is 0 Å². The van der Waals surface area contributed by atoms with Gasteiger partial charge in [0.1, 0.15) is 11.5 Å². The van der Waals surface area contributed by atoms with E-state index in [1.54, 1.807) is 24.3 Å². The van der Waals surface area contributed by atoms with E-state index in [1.807, 2.05) is 72.8 Å². The Morgan fingerprint density at radius 3 is 0.759 bits per heavy atom. The van der Waals surface area contributed by atoms with Crippen LogP contribution in [0.2, 0.25) is 0 Å². The van der Waals surface area contributed by atoms with Gasteiger partial charge in [-0.15, -0.1) is 0 Å². The number of rotatable bonds is 29. The average molecular weight is 1570 g/mol. The number of unbranched alkanes of at least 4 members (excludes halogenated alkanes) is 3. The molecule has 8 aliphatic rings. The molecule has 8 aliphatic carbocycles. The molecule has 8 fully saturated rings. The molecule has 0 unspecified atom stereocenters. The van der Waals surface area contributed by atoms with Gasteiger partial charge >= 0.3 is 23.9 Å². The fourth-order valence-electron chi connectivity index (χ4n) is 22.0. The molecule has 0 saturated heterocycles. The van der Waals surface area contributed by atoms with Gasteiger partial charge in [0.2, 0.25) is 0 Å². The summed E-state index contributed by atoms with van der Waals surface area (Å²) in [6, 6.07) is 30.7. The summed E-state index contributed by atoms with van der Waals surface area (Å²) in [7, 11) is 0. The quantitative estimate of drug-likeness (QED) is 0.0171. The maximum Gasteiger partial charge on any atom is 0.339 e. The van der Waals surface area contributed by atoms with Crippen LogP contribution < -0.4 is 9.47 Å². The van der Waals surface area contributed by atoms with Crippen molar-refractivity contribution in [1.29, 1.82) is 0 Å². The number of benzene rings is 4. The fraction of sp³-hybridized carbons (Fsp3) is 0.623. The van der Waals surface area contributed by atoms with Crippen molar-refractivity contribution >= 4 is 23.9 Å². The molecule has 0 bridgehead atoms. The van der Waals surface area contributed by atoms with Crippen LogP contribution in [-0.2, 0) is 28.5 Å². The lowest BCUT2D eigenvalue weighted by atomic mass is 9.67. The van der Waals surface area contributed by atoms with Gasteiger partial charge in [-0.05, 0) is 372 Å². The number of carbonyl (C=O) groups excluding carboxylic acids is 4. The molecule has 0 radical (unpaired) electrons. The Morgan fingerprint density at radius 2 is 0.534 bits per heavy atom. The first-order valence-corrected chi connectivity index (χ1v) is 46.5. The van der Waals surface area contributed by atoms with Gasteiger partial charge in [-0.3, -0.25) is 0 Å². The second-order valence-corrected chi connectivity index (χ2v) is 36.9. The van der Waals surface area contributed by atoms with E-state index in [9.17, 15) is 19.2 Å². The van der Waals surface area contributed by atoms with E-state index in [-0.39, 0.29) is 11.9 Å². The molecule has 4 aromatic rings. The van der Waals surface area contributed by atoms with E-state index >= 15 is 0 Å². The lowest BCUT2D eigenvalue weighted by Gasteiger charge is -2.41. The Morgan fingerprint density at radius 1 is 0.310 bits per heavy atom. The Bertz CT molecular complexity index is 3770. The lowest BCUT2D eigenvalue weighted by molar-refractivity contribution is -0.152. The highest BCUT2D eigenvalue weighted by Gasteiger charge is 2.45. The maximum atomic E-state index is 14.2. The van der Waals surface area contributed by atoms with Crippen LogP contribution in [0.15, 0.2) is 122 Å². The van der Waals surface area contributed by atoms with Crippen LogP contribution in [0.25, 0.3) is 0 Å². The summed E-state index contributed by atoms with van der Waals surface area (Å²) in [5.41, 5.74) is 0.850. The molecule has 116 heavy (non-hydrogen) atoms. The molecule has 8 saturated carbocycles. The van der Waals surface area contributed by atoms with Crippen molar-refractivity contribution in [2.75, 3.05) is 13.2 Å². The van der Waals surface area contributed by atoms with E-state index in [1.165, 1.54) is 166 Å². The highest BCUT2D eigenvalue weighted by atomic mass is 16.6. The molecule has 0 aliphatic heterocycles. The van der Waals surface area contributed by atoms with Gasteiger partial charge in [0.25, 0.3) is 0 Å². The van der Waals surface area contributed by atoms with Gasteiger partial charge in [0.15, 0.2) is 22.4 Å². The van der Waals surface area contributed by atoms with E-state index in [0.717, 1.165) is 172 Å². The van der Waals surface area contributed by atoms with Crippen molar-refractivity contribution in [1.82, 2.24) is 0 Å². The molecule has 622 valence electrons. The molecule has 0 heterocycles. The van der Waals surface area contributed by atoms with E-state index in [4.69, 9.17) is 28.4 Å². The van der Waals surface area contributed by atoms with Crippen LogP contribution in [-0.4, -0.2) is 59.5 Å². The molecule has 12 rings (SSSR count). The first kappa shape index (κ1) is 87.4. The summed E-state index contributed by atoms with van der Waals surface area (Å²) in [6.07, 6.45) is 51.6. The van der Waals surface area contributed by atoms with Crippen LogP contribution in [0.1, 0.15) is 353 Å². The SMILES string of the molecule is C=CC(=O)OC1(C#Cc2ccc(C#CC3(OC(=O)c4ccc(OCCCCCCOc5ccc(C(=O)OC6(C#Cc7ccc(C#CC8(OC(=O)C=C)CCC(C9CCC(CCC)CC9)CC8)cc7)CCC(C7CCC(CCC)CC7)CC6)cc5)cc4)CCC(C4CCC(CCC)CC4)CC3)cc2)CCC(C2CCC(CCC)CC2)CC1. The normalized spacial score (nSPS) is 29.9. The monoisotopic (exact) mass is 1570 g/mol. The maximum absolute atomic E-state index is 14.2. The Balaban J connectivity index is 0.601. The zero-order chi connectivity index (χ0) is 81.0. The van der Waals surface area contributed by atoms with Gasteiger partial charge in [-0.2, -0.15) is 0 Å². The molecular weight excluding hydrogens is 1430 g/mol. The average Bonchev–Trinajstić information content (AvgIpc) is 0.795. The second kappa shape index (κ2) is 43.7. The zero-order valence-corrected chi connectivity index (χ0v) is 71.3. The predicted octanol–water partition coefficient (Wildman–Crippen LogP) is 25.4. The Kier molecular flexibility index (Phi) is 32.9. The predicted molar refractivity (Wildman–Crippen MR) is 466 cm³/mol. The molecule has 0 spiro atoms. The zero-order valence-electron chi connectivity index (χ0n) is 71.3. The molecule has 0 atom stereocenters. The fourth-order valence-corrected chi connectivity index (χ4v) is 22.0. The summed E-state index contributed by atoms with van der Waals surface area (Å²) in [6.45, 7) is 17.7. The largest absolute Gasteiger partial charge is 0.494 e. The number of carbonyl (C=O) groups is 4. The molecular formula is C106H138O10. The van der Waals surface area contributed by atoms with Crippen LogP contribution in [0, 0.1) is 118 Å². The third-order valence-electron chi connectivity index (χ3n) is 29.1. The minimum Gasteiger partial charge on any atom is -0.494 e. The summed E-state index contributed by atoms with van der Waals surface area (Å²) >= 11 is 0. The smallest absolute Gasteiger partial charge is 0.339 e. The van der Waals surface area contributed by atoms with Crippen molar-refractivity contribution in [3.8, 4) is 58.9 Å². The van der Waals surface area contributed by atoms with Crippen molar-refractivity contribution in [2.45, 2.75) is 333 Å². The molecule has 10 heteroatoms. The number of hydrogen-bond donors (Lipinski definition) is 0. The van der Waals surface area contributed by atoms with Crippen LogP contribution in [0.5, 0.6) is 11.5 Å². The first-order valence-electron chi connectivity index (χ1n) is 46.5. The molecule has 0 amide bonds. The summed E-state index contributed by atoms with van der Waals surface area (Å²) in [5, 5.41) is 0. The summed E-state index contributed by atoms with van der Waals surface area (Å²) in [4.78, 5) is 53.9. The summed E-state index contributed by atoms with van der Waals surface area (Å²) in [5.74, 6) is 36.5. The first-order chi connectivity index (χ1) is 56.6. The summed E-state index contributed by atoms with van der Waals surface area (Å²) < 4.78 is 37.7. The molecule has 0 N–H and O–H groups in total. The molecule has 10 nitrogen and oxygen atoms in total. The van der Waals surface area contributed by atoms with E-state index in [2.05, 4.69) is 88.2 Å². The minimum atomic E-state index is -0.907. The Hall–Kier alpha value is -7.92. The highest BCUT2D eigenvalue weighted by Crippen LogP contribution is 2.50. The standard InChI is InChI=1S/C106H138O10/c1-7-17-79-29-37-87(38-30-79)91-57-69-103(70-58-91,113-99(107)11-5)65-53-83-21-25-85(26-22-83)55-67-105(73-61-93(62-74-105)89-41-33-81(19-9-3)34-42-89)115-101(109)95-45-49-97(50-46-95)111-77-15-13-14-16-78-112-98-51-47-96(48-52-98)102(110)116-106(75-63-94(64-76-106)90-43-35-82(20-10-4)36-44-90)68-56-86-27-23-84(24-28-86)54-66-104(114-100(108)12-6)71-59-92(60-72-104)88-39-31-80(18-8-2)32-40-88/h11-12,21-28,45-52,79-82,87-94H,5-10,13-20,29-44,57-64,69-78H2,1-4H3. The van der Waals surface area contributed by atoms with Gasteiger partial charge in [0, 0.05) is 34.4 Å². The van der Waals surface area contributed by atoms with Crippen molar-refractivity contribution < 1.29 is 47.6 Å².